The van der Waals surface area contributed by atoms with Gasteiger partial charge in [0, 0.05) is 16.6 Å². The van der Waals surface area contributed by atoms with Crippen molar-refractivity contribution in [2.24, 2.45) is 0 Å². The fraction of sp³-hybridized carbons (Fsp3) is 0.174. The van der Waals surface area contributed by atoms with E-state index in [1.165, 1.54) is 16.2 Å². The minimum Gasteiger partial charge on any atom is -0.507 e. The van der Waals surface area contributed by atoms with Crippen molar-refractivity contribution in [3.8, 4) is 5.75 Å². The first kappa shape index (κ1) is 19.8. The molecule has 30 heavy (non-hydrogen) atoms. The van der Waals surface area contributed by atoms with Gasteiger partial charge in [0.05, 0.1) is 12.2 Å². The summed E-state index contributed by atoms with van der Waals surface area (Å²) in [5.74, 6) is -0.621. The second-order valence-corrected chi connectivity index (χ2v) is 7.72. The minimum atomic E-state index is -0.740. The largest absolute Gasteiger partial charge is 0.507 e. The van der Waals surface area contributed by atoms with E-state index >= 15 is 0 Å². The Morgan fingerprint density at radius 1 is 1.13 bits per heavy atom. The van der Waals surface area contributed by atoms with Crippen molar-refractivity contribution < 1.29 is 19.4 Å². The van der Waals surface area contributed by atoms with Crippen LogP contribution in [-0.2, 0) is 9.59 Å². The Labute approximate surface area is 178 Å². The van der Waals surface area contributed by atoms with E-state index in [1.54, 1.807) is 48.7 Å². The maximum Gasteiger partial charge on any atom is 0.301 e. The maximum absolute atomic E-state index is 13.0. The fourth-order valence-electron chi connectivity index (χ4n) is 3.37. The number of aliphatic hydroxyl groups is 1. The molecular weight excluding hydrogens is 400 g/mol. The number of rotatable bonds is 6. The number of nitrogens with zero attached hydrogens (tertiary/aromatic N) is 2. The van der Waals surface area contributed by atoms with Crippen LogP contribution in [0.2, 0.25) is 0 Å². The van der Waals surface area contributed by atoms with Crippen molar-refractivity contribution in [3.63, 3.8) is 0 Å². The molecule has 1 N–H and O–H groups in total. The van der Waals surface area contributed by atoms with Crippen LogP contribution in [0.3, 0.4) is 0 Å². The number of carbonyl (C=O) groups is 2. The van der Waals surface area contributed by atoms with Gasteiger partial charge < -0.3 is 9.84 Å². The number of thiophene rings is 1. The number of benzene rings is 1. The molecule has 7 heteroatoms. The number of aromatic nitrogens is 1. The molecule has 1 aromatic carbocycles. The molecule has 0 bridgehead atoms. The second kappa shape index (κ2) is 8.51. The molecule has 1 saturated heterocycles. The standard InChI is InChI=1S/C23H20N2O4S/c1-2-13-29-16-10-8-15(9-11-16)21(26)19-20(17-6-5-14-30-17)25(23(28)22(19)27)18-7-3-4-12-24-18/h3-12,14,20,26H,2,13H2,1H3/t20-/m0/s1. The summed E-state index contributed by atoms with van der Waals surface area (Å²) < 4.78 is 5.57. The van der Waals surface area contributed by atoms with E-state index in [4.69, 9.17) is 4.74 Å². The molecular formula is C23H20N2O4S. The summed E-state index contributed by atoms with van der Waals surface area (Å²) >= 11 is 1.41. The monoisotopic (exact) mass is 420 g/mol. The smallest absolute Gasteiger partial charge is 0.301 e. The molecule has 0 saturated carbocycles. The normalized spacial score (nSPS) is 18.0. The number of amides is 1. The molecule has 1 aliphatic rings. The molecule has 3 aromatic rings. The lowest BCUT2D eigenvalue weighted by atomic mass is 10.00. The Hall–Kier alpha value is -3.45. The third-order valence-electron chi connectivity index (χ3n) is 4.75. The van der Waals surface area contributed by atoms with Gasteiger partial charge in [0.1, 0.15) is 23.4 Å². The highest BCUT2D eigenvalue weighted by Crippen LogP contribution is 2.42. The van der Waals surface area contributed by atoms with Crippen LogP contribution >= 0.6 is 11.3 Å². The Kier molecular flexibility index (Phi) is 5.63. The molecule has 2 aromatic heterocycles. The first-order valence-electron chi connectivity index (χ1n) is 9.60. The average Bonchev–Trinajstić information content (AvgIpc) is 3.40. The SMILES string of the molecule is CCCOc1ccc(C(O)=C2C(=O)C(=O)N(c3ccccn3)[C@H]2c2cccs2)cc1. The van der Waals surface area contributed by atoms with Crippen LogP contribution in [0.5, 0.6) is 5.75 Å². The van der Waals surface area contributed by atoms with Gasteiger partial charge in [-0.2, -0.15) is 0 Å². The highest BCUT2D eigenvalue weighted by atomic mass is 32.1. The van der Waals surface area contributed by atoms with Crippen LogP contribution in [0.1, 0.15) is 29.8 Å². The summed E-state index contributed by atoms with van der Waals surface area (Å²) in [6.45, 7) is 2.62. The highest BCUT2D eigenvalue weighted by Gasteiger charge is 2.47. The van der Waals surface area contributed by atoms with Crippen molar-refractivity contribution in [1.29, 1.82) is 0 Å². The molecule has 1 amide bonds. The Bertz CT molecular complexity index is 1080. The molecule has 4 rings (SSSR count). The summed E-state index contributed by atoms with van der Waals surface area (Å²) in [4.78, 5) is 32.2. The second-order valence-electron chi connectivity index (χ2n) is 6.75. The van der Waals surface area contributed by atoms with E-state index in [2.05, 4.69) is 4.98 Å². The Morgan fingerprint density at radius 3 is 2.57 bits per heavy atom. The minimum absolute atomic E-state index is 0.0512. The molecule has 0 radical (unpaired) electrons. The number of carbonyl (C=O) groups excluding carboxylic acids is 2. The number of aliphatic hydroxyl groups excluding tert-OH is 1. The van der Waals surface area contributed by atoms with Crippen LogP contribution in [0, 0.1) is 0 Å². The van der Waals surface area contributed by atoms with E-state index in [-0.39, 0.29) is 11.3 Å². The number of anilines is 1. The predicted octanol–water partition coefficient (Wildman–Crippen LogP) is 4.56. The zero-order valence-electron chi connectivity index (χ0n) is 16.3. The predicted molar refractivity (Wildman–Crippen MR) is 116 cm³/mol. The zero-order chi connectivity index (χ0) is 21.1. The van der Waals surface area contributed by atoms with Gasteiger partial charge in [-0.3, -0.25) is 14.5 Å². The third-order valence-corrected chi connectivity index (χ3v) is 5.68. The van der Waals surface area contributed by atoms with Crippen LogP contribution in [0.25, 0.3) is 5.76 Å². The lowest BCUT2D eigenvalue weighted by Gasteiger charge is -2.23. The lowest BCUT2D eigenvalue weighted by Crippen LogP contribution is -2.29. The van der Waals surface area contributed by atoms with Crippen molar-refractivity contribution in [1.82, 2.24) is 4.98 Å². The molecule has 1 aliphatic heterocycles. The van der Waals surface area contributed by atoms with Gasteiger partial charge in [0.25, 0.3) is 5.78 Å². The lowest BCUT2D eigenvalue weighted by molar-refractivity contribution is -0.132. The van der Waals surface area contributed by atoms with Gasteiger partial charge in [-0.1, -0.05) is 19.1 Å². The van der Waals surface area contributed by atoms with E-state index in [0.29, 0.717) is 23.7 Å². The maximum atomic E-state index is 13.0. The summed E-state index contributed by atoms with van der Waals surface area (Å²) in [7, 11) is 0. The van der Waals surface area contributed by atoms with Gasteiger partial charge in [-0.05, 0) is 54.3 Å². The Morgan fingerprint density at radius 2 is 1.93 bits per heavy atom. The van der Waals surface area contributed by atoms with Crippen molar-refractivity contribution in [2.75, 3.05) is 11.5 Å². The van der Waals surface area contributed by atoms with E-state index in [0.717, 1.165) is 11.3 Å². The van der Waals surface area contributed by atoms with Gasteiger partial charge in [-0.25, -0.2) is 4.98 Å². The average molecular weight is 420 g/mol. The number of ketones is 1. The summed E-state index contributed by atoms with van der Waals surface area (Å²) in [5.41, 5.74) is 0.495. The molecule has 0 aliphatic carbocycles. The molecule has 0 spiro atoms. The van der Waals surface area contributed by atoms with E-state index in [1.807, 2.05) is 24.4 Å². The van der Waals surface area contributed by atoms with E-state index < -0.39 is 17.7 Å². The van der Waals surface area contributed by atoms with E-state index in [9.17, 15) is 14.7 Å². The highest BCUT2D eigenvalue weighted by molar-refractivity contribution is 7.10. The third kappa shape index (κ3) is 3.59. The number of hydrogen-bond acceptors (Lipinski definition) is 6. The summed E-state index contributed by atoms with van der Waals surface area (Å²) in [6, 6.07) is 14.9. The number of ether oxygens (including phenoxy) is 1. The van der Waals surface area contributed by atoms with Gasteiger partial charge >= 0.3 is 5.91 Å². The topological polar surface area (TPSA) is 79.7 Å². The van der Waals surface area contributed by atoms with Crippen molar-refractivity contribution in [2.45, 2.75) is 19.4 Å². The number of pyridine rings is 1. The van der Waals surface area contributed by atoms with Gasteiger partial charge in [0.15, 0.2) is 0 Å². The molecule has 1 fully saturated rings. The molecule has 1 atom stereocenters. The van der Waals surface area contributed by atoms with Crippen molar-refractivity contribution >= 4 is 34.6 Å². The van der Waals surface area contributed by atoms with Crippen LogP contribution in [0.4, 0.5) is 5.82 Å². The quantitative estimate of drug-likeness (QED) is 0.359. The van der Waals surface area contributed by atoms with Crippen molar-refractivity contribution in [3.05, 3.63) is 82.2 Å². The molecule has 152 valence electrons. The summed E-state index contributed by atoms with van der Waals surface area (Å²) in [6.07, 6.45) is 2.45. The molecule has 3 heterocycles. The molecule has 0 unspecified atom stereocenters. The number of hydrogen-bond donors (Lipinski definition) is 1. The van der Waals surface area contributed by atoms with Crippen LogP contribution < -0.4 is 9.64 Å². The van der Waals surface area contributed by atoms with Crippen LogP contribution in [-0.4, -0.2) is 28.4 Å². The first-order valence-corrected chi connectivity index (χ1v) is 10.5. The zero-order valence-corrected chi connectivity index (χ0v) is 17.1. The van der Waals surface area contributed by atoms with Crippen LogP contribution in [0.15, 0.2) is 71.7 Å². The van der Waals surface area contributed by atoms with Gasteiger partial charge in [0.2, 0.25) is 0 Å². The fourth-order valence-corrected chi connectivity index (χ4v) is 4.19. The summed E-state index contributed by atoms with van der Waals surface area (Å²) in [5, 5.41) is 12.9. The van der Waals surface area contributed by atoms with Gasteiger partial charge in [-0.15, -0.1) is 11.3 Å². The first-order chi connectivity index (χ1) is 14.6. The molecule has 6 nitrogen and oxygen atoms in total. The Balaban J connectivity index is 1.80. The number of Topliss-reactive ketones (excluding diaryl/α,β-unsaturated/α-hetero) is 1.